The smallest absolute Gasteiger partial charge is 0.335 e. The second-order valence-electron chi connectivity index (χ2n) is 3.37. The summed E-state index contributed by atoms with van der Waals surface area (Å²) in [4.78, 5) is 22.1. The summed E-state index contributed by atoms with van der Waals surface area (Å²) in [5.41, 5.74) is 0.858. The molecule has 0 aromatic heterocycles. The monoisotopic (exact) mass is 218 g/mol. The maximum atomic E-state index is 11.2. The molecule has 0 bridgehead atoms. The number of aliphatic carboxylic acids is 1. The number of rotatable bonds is 2. The van der Waals surface area contributed by atoms with Crippen LogP contribution in [0.1, 0.15) is 11.6 Å². The van der Waals surface area contributed by atoms with Crippen molar-refractivity contribution >= 4 is 12.0 Å². The van der Waals surface area contributed by atoms with Gasteiger partial charge in [-0.25, -0.2) is 9.59 Å². The van der Waals surface area contributed by atoms with Gasteiger partial charge in [0.15, 0.2) is 0 Å². The van der Waals surface area contributed by atoms with E-state index in [1.165, 1.54) is 6.20 Å². The quantitative estimate of drug-likeness (QED) is 0.693. The van der Waals surface area contributed by atoms with E-state index in [-0.39, 0.29) is 5.57 Å². The fourth-order valence-electron chi connectivity index (χ4n) is 1.57. The number of urea groups is 1. The van der Waals surface area contributed by atoms with Gasteiger partial charge in [-0.3, -0.25) is 0 Å². The van der Waals surface area contributed by atoms with E-state index in [9.17, 15) is 9.59 Å². The van der Waals surface area contributed by atoms with Crippen molar-refractivity contribution in [1.82, 2.24) is 10.6 Å². The molecule has 0 saturated carbocycles. The molecule has 0 spiro atoms. The molecule has 0 aliphatic carbocycles. The molecule has 16 heavy (non-hydrogen) atoms. The summed E-state index contributed by atoms with van der Waals surface area (Å²) in [5.74, 6) is -1.05. The van der Waals surface area contributed by atoms with E-state index in [1.807, 2.05) is 6.07 Å². The standard InChI is InChI=1S/C11H10N2O3/c14-10(15)8-6-12-11(16)13-9(8)7-4-2-1-3-5-7/h1-6,9H,(H,14,15)(H2,12,13,16). The average Bonchev–Trinajstić information content (AvgIpc) is 2.29. The maximum absolute atomic E-state index is 11.2. The van der Waals surface area contributed by atoms with Crippen molar-refractivity contribution in [2.75, 3.05) is 0 Å². The highest BCUT2D eigenvalue weighted by atomic mass is 16.4. The molecule has 1 aliphatic heterocycles. The Morgan fingerprint density at radius 1 is 1.25 bits per heavy atom. The normalized spacial score (nSPS) is 19.4. The van der Waals surface area contributed by atoms with Gasteiger partial charge in [-0.15, -0.1) is 0 Å². The molecule has 0 saturated heterocycles. The molecule has 3 N–H and O–H groups in total. The van der Waals surface area contributed by atoms with Crippen LogP contribution in [0, 0.1) is 0 Å². The summed E-state index contributed by atoms with van der Waals surface area (Å²) in [6.45, 7) is 0. The molecule has 1 heterocycles. The van der Waals surface area contributed by atoms with Crippen LogP contribution in [0.5, 0.6) is 0 Å². The number of amides is 2. The minimum absolute atomic E-state index is 0.116. The van der Waals surface area contributed by atoms with E-state index in [0.29, 0.717) is 0 Å². The molecule has 5 nitrogen and oxygen atoms in total. The number of carbonyl (C=O) groups excluding carboxylic acids is 1. The number of carbonyl (C=O) groups is 2. The van der Waals surface area contributed by atoms with E-state index in [2.05, 4.69) is 10.6 Å². The number of carboxylic acids is 1. The summed E-state index contributed by atoms with van der Waals surface area (Å²) >= 11 is 0. The summed E-state index contributed by atoms with van der Waals surface area (Å²) in [6, 6.07) is 7.95. The first-order valence-electron chi connectivity index (χ1n) is 4.74. The van der Waals surface area contributed by atoms with Gasteiger partial charge in [0.05, 0.1) is 11.6 Å². The van der Waals surface area contributed by atoms with Crippen LogP contribution in [0.4, 0.5) is 4.79 Å². The Labute approximate surface area is 91.8 Å². The number of hydrogen-bond donors (Lipinski definition) is 3. The van der Waals surface area contributed by atoms with Crippen molar-refractivity contribution in [3.8, 4) is 0 Å². The van der Waals surface area contributed by atoms with E-state index in [0.717, 1.165) is 5.56 Å². The Morgan fingerprint density at radius 2 is 1.94 bits per heavy atom. The van der Waals surface area contributed by atoms with Crippen molar-refractivity contribution < 1.29 is 14.7 Å². The lowest BCUT2D eigenvalue weighted by atomic mass is 9.98. The Balaban J connectivity index is 2.38. The topological polar surface area (TPSA) is 78.4 Å². The fraction of sp³-hybridized carbons (Fsp3) is 0.0909. The molecule has 2 amide bonds. The lowest BCUT2D eigenvalue weighted by Crippen LogP contribution is -2.42. The largest absolute Gasteiger partial charge is 0.478 e. The van der Waals surface area contributed by atoms with Gasteiger partial charge in [0.25, 0.3) is 0 Å². The minimum atomic E-state index is -1.05. The molecular weight excluding hydrogens is 208 g/mol. The van der Waals surface area contributed by atoms with Gasteiger partial charge in [-0.05, 0) is 5.56 Å². The van der Waals surface area contributed by atoms with E-state index in [4.69, 9.17) is 5.11 Å². The number of benzene rings is 1. The summed E-state index contributed by atoms with van der Waals surface area (Å²) in [7, 11) is 0. The number of carboxylic acid groups (broad SMARTS) is 1. The highest BCUT2D eigenvalue weighted by molar-refractivity contribution is 5.92. The summed E-state index contributed by atoms with van der Waals surface area (Å²) in [5, 5.41) is 13.9. The van der Waals surface area contributed by atoms with Gasteiger partial charge in [0, 0.05) is 6.20 Å². The minimum Gasteiger partial charge on any atom is -0.478 e. The molecule has 82 valence electrons. The number of nitrogens with one attached hydrogen (secondary N) is 2. The SMILES string of the molecule is O=C1NC=C(C(=O)O)C(c2ccccc2)N1. The van der Waals surface area contributed by atoms with Crippen LogP contribution in [-0.2, 0) is 4.79 Å². The van der Waals surface area contributed by atoms with Gasteiger partial charge in [-0.2, -0.15) is 0 Å². The lowest BCUT2D eigenvalue weighted by molar-refractivity contribution is -0.133. The molecule has 1 unspecified atom stereocenters. The van der Waals surface area contributed by atoms with E-state index >= 15 is 0 Å². The molecule has 1 aromatic carbocycles. The Morgan fingerprint density at radius 3 is 2.56 bits per heavy atom. The van der Waals surface area contributed by atoms with Gasteiger partial charge in [0.2, 0.25) is 0 Å². The molecule has 1 atom stereocenters. The molecule has 0 fully saturated rings. The van der Waals surface area contributed by atoms with Crippen LogP contribution in [0.25, 0.3) is 0 Å². The second kappa shape index (κ2) is 4.06. The summed E-state index contributed by atoms with van der Waals surface area (Å²) in [6.07, 6.45) is 1.22. The molecule has 1 aromatic rings. The zero-order valence-electron chi connectivity index (χ0n) is 8.31. The van der Waals surface area contributed by atoms with Crippen LogP contribution in [0.2, 0.25) is 0 Å². The van der Waals surface area contributed by atoms with Crippen molar-refractivity contribution in [1.29, 1.82) is 0 Å². The van der Waals surface area contributed by atoms with Gasteiger partial charge < -0.3 is 15.7 Å². The Bertz CT molecular complexity index is 454. The van der Waals surface area contributed by atoms with Gasteiger partial charge >= 0.3 is 12.0 Å². The Kier molecular flexibility index (Phi) is 2.59. The van der Waals surface area contributed by atoms with Crippen LogP contribution in [0.15, 0.2) is 42.1 Å². The van der Waals surface area contributed by atoms with Crippen molar-refractivity contribution in [2.45, 2.75) is 6.04 Å². The number of hydrogen-bond acceptors (Lipinski definition) is 2. The van der Waals surface area contributed by atoms with Crippen LogP contribution >= 0.6 is 0 Å². The van der Waals surface area contributed by atoms with Gasteiger partial charge in [0.1, 0.15) is 0 Å². The predicted molar refractivity (Wildman–Crippen MR) is 56.6 cm³/mol. The molecule has 5 heteroatoms. The first-order chi connectivity index (χ1) is 7.68. The zero-order chi connectivity index (χ0) is 11.5. The van der Waals surface area contributed by atoms with Crippen LogP contribution in [0.3, 0.4) is 0 Å². The maximum Gasteiger partial charge on any atom is 0.335 e. The summed E-state index contributed by atoms with van der Waals surface area (Å²) < 4.78 is 0. The average molecular weight is 218 g/mol. The lowest BCUT2D eigenvalue weighted by Gasteiger charge is -2.23. The van der Waals surface area contributed by atoms with Crippen molar-refractivity contribution in [2.24, 2.45) is 0 Å². The third-order valence-corrected chi connectivity index (χ3v) is 2.33. The zero-order valence-corrected chi connectivity index (χ0v) is 8.31. The van der Waals surface area contributed by atoms with E-state index in [1.54, 1.807) is 24.3 Å². The highest BCUT2D eigenvalue weighted by Crippen LogP contribution is 2.23. The molecule has 0 radical (unpaired) electrons. The highest BCUT2D eigenvalue weighted by Gasteiger charge is 2.27. The molecular formula is C11H10N2O3. The van der Waals surface area contributed by atoms with Crippen LogP contribution < -0.4 is 10.6 Å². The van der Waals surface area contributed by atoms with Gasteiger partial charge in [-0.1, -0.05) is 30.3 Å². The van der Waals surface area contributed by atoms with Crippen molar-refractivity contribution in [3.05, 3.63) is 47.7 Å². The predicted octanol–water partition coefficient (Wildman–Crippen LogP) is 1.01. The first kappa shape index (κ1) is 10.2. The van der Waals surface area contributed by atoms with Crippen molar-refractivity contribution in [3.63, 3.8) is 0 Å². The third-order valence-electron chi connectivity index (χ3n) is 2.33. The third kappa shape index (κ3) is 1.88. The fourth-order valence-corrected chi connectivity index (χ4v) is 1.57. The molecule has 2 rings (SSSR count). The first-order valence-corrected chi connectivity index (χ1v) is 4.74. The van der Waals surface area contributed by atoms with E-state index < -0.39 is 18.0 Å². The Hall–Kier alpha value is -2.30. The second-order valence-corrected chi connectivity index (χ2v) is 3.37. The molecule has 1 aliphatic rings. The van der Waals surface area contributed by atoms with Crippen LogP contribution in [-0.4, -0.2) is 17.1 Å².